The van der Waals surface area contributed by atoms with E-state index in [1.807, 2.05) is 41.8 Å². The van der Waals surface area contributed by atoms with Crippen LogP contribution in [0.5, 0.6) is 5.75 Å². The quantitative estimate of drug-likeness (QED) is 0.589. The summed E-state index contributed by atoms with van der Waals surface area (Å²) in [6.45, 7) is 0. The van der Waals surface area contributed by atoms with Crippen LogP contribution in [-0.4, -0.2) is 33.3 Å². The highest BCUT2D eigenvalue weighted by Gasteiger charge is 2.62. The molecular weight excluding hydrogens is 356 g/mol. The Kier molecular flexibility index (Phi) is 5.29. The van der Waals surface area contributed by atoms with Gasteiger partial charge in [0.1, 0.15) is 11.9 Å². The minimum absolute atomic E-state index is 0.140. The predicted octanol–water partition coefficient (Wildman–Crippen LogP) is 3.29. The predicted molar refractivity (Wildman–Crippen MR) is 95.0 cm³/mol. The summed E-state index contributed by atoms with van der Waals surface area (Å²) in [5.74, 6) is -0.591. The highest BCUT2D eigenvalue weighted by atomic mass is 32.1. The second kappa shape index (κ2) is 7.47. The van der Waals surface area contributed by atoms with Gasteiger partial charge in [0.25, 0.3) is 0 Å². The van der Waals surface area contributed by atoms with Gasteiger partial charge in [0, 0.05) is 11.3 Å². The van der Waals surface area contributed by atoms with Gasteiger partial charge in [-0.15, -0.1) is 11.3 Å². The zero-order valence-electron chi connectivity index (χ0n) is 14.8. The Hall–Kier alpha value is -2.38. The third-order valence-electron chi connectivity index (χ3n) is 4.64. The van der Waals surface area contributed by atoms with Crippen LogP contribution >= 0.6 is 11.3 Å². The van der Waals surface area contributed by atoms with Gasteiger partial charge in [-0.1, -0.05) is 18.2 Å². The molecule has 0 radical (unpaired) electrons. The molecule has 6 nitrogen and oxygen atoms in total. The Morgan fingerprint density at radius 1 is 1.08 bits per heavy atom. The number of esters is 2. The maximum absolute atomic E-state index is 12.7. The monoisotopic (exact) mass is 376 g/mol. The van der Waals surface area contributed by atoms with Crippen molar-refractivity contribution in [2.45, 2.75) is 18.6 Å². The summed E-state index contributed by atoms with van der Waals surface area (Å²) in [6.07, 6.45) is -1.08. The van der Waals surface area contributed by atoms with Gasteiger partial charge in [0.05, 0.1) is 27.4 Å². The molecule has 1 aliphatic rings. The lowest BCUT2D eigenvalue weighted by Gasteiger charge is -2.27. The van der Waals surface area contributed by atoms with Crippen LogP contribution < -0.4 is 4.74 Å². The number of methoxy groups -OCH3 is 3. The van der Waals surface area contributed by atoms with Gasteiger partial charge in [-0.3, -0.25) is 9.59 Å². The lowest BCUT2D eigenvalue weighted by atomic mass is 9.78. The van der Waals surface area contributed by atoms with Gasteiger partial charge >= 0.3 is 11.9 Å². The Morgan fingerprint density at radius 3 is 2.23 bits per heavy atom. The lowest BCUT2D eigenvalue weighted by molar-refractivity contribution is -0.173. The van der Waals surface area contributed by atoms with E-state index in [1.165, 1.54) is 25.6 Å². The largest absolute Gasteiger partial charge is 0.497 e. The number of hydrogen-bond donors (Lipinski definition) is 0. The van der Waals surface area contributed by atoms with E-state index in [2.05, 4.69) is 0 Å². The number of rotatable bonds is 5. The molecule has 1 fully saturated rings. The highest BCUT2D eigenvalue weighted by molar-refractivity contribution is 7.10. The molecule has 2 atom stereocenters. The average Bonchev–Trinajstić information content (AvgIpc) is 3.35. The fraction of sp³-hybridized carbons (Fsp3) is 0.368. The second-order valence-electron chi connectivity index (χ2n) is 5.95. The van der Waals surface area contributed by atoms with Crippen LogP contribution in [-0.2, 0) is 23.8 Å². The molecule has 0 N–H and O–H groups in total. The summed E-state index contributed by atoms with van der Waals surface area (Å²) in [5, 5.41) is 1.87. The van der Waals surface area contributed by atoms with Gasteiger partial charge in [0.15, 0.2) is 5.41 Å². The first kappa shape index (κ1) is 18.4. The standard InChI is InChI=1S/C19H20O6S/c1-22-13-8-6-12(7-9-13)14-11-19(17(20)23-2,18(21)24-3)16(25-14)15-5-4-10-26-15/h4-10,14,16H,11H2,1-3H3/t14-,16-/m1/s1. The van der Waals surface area contributed by atoms with Gasteiger partial charge in [-0.05, 0) is 29.1 Å². The molecule has 1 saturated heterocycles. The Morgan fingerprint density at radius 2 is 1.73 bits per heavy atom. The summed E-state index contributed by atoms with van der Waals surface area (Å²) < 4.78 is 21.3. The van der Waals surface area contributed by atoms with Crippen LogP contribution in [0.3, 0.4) is 0 Å². The first-order valence-electron chi connectivity index (χ1n) is 8.06. The number of carbonyl (C=O) groups excluding carboxylic acids is 2. The van der Waals surface area contributed by atoms with Crippen LogP contribution in [0, 0.1) is 5.41 Å². The summed E-state index contributed by atoms with van der Waals surface area (Å²) in [5.41, 5.74) is -0.694. The molecule has 138 valence electrons. The molecular formula is C19H20O6S. The number of carbonyl (C=O) groups is 2. The minimum atomic E-state index is -1.54. The minimum Gasteiger partial charge on any atom is -0.497 e. The van der Waals surface area contributed by atoms with Gasteiger partial charge < -0.3 is 18.9 Å². The topological polar surface area (TPSA) is 71.1 Å². The normalized spacial score (nSPS) is 21.2. The van der Waals surface area contributed by atoms with Gasteiger partial charge in [-0.2, -0.15) is 0 Å². The summed E-state index contributed by atoms with van der Waals surface area (Å²) in [7, 11) is 4.12. The summed E-state index contributed by atoms with van der Waals surface area (Å²) in [4.78, 5) is 26.2. The molecule has 0 amide bonds. The van der Waals surface area contributed by atoms with Crippen molar-refractivity contribution >= 4 is 23.3 Å². The van der Waals surface area contributed by atoms with E-state index in [1.54, 1.807) is 7.11 Å². The van der Waals surface area contributed by atoms with E-state index in [9.17, 15) is 9.59 Å². The maximum Gasteiger partial charge on any atom is 0.326 e. The zero-order chi connectivity index (χ0) is 18.7. The highest BCUT2D eigenvalue weighted by Crippen LogP contribution is 2.55. The Bertz CT molecular complexity index is 752. The molecule has 0 aliphatic carbocycles. The van der Waals surface area contributed by atoms with Crippen molar-refractivity contribution in [3.8, 4) is 5.75 Å². The van der Waals surface area contributed by atoms with Crippen LogP contribution in [0.15, 0.2) is 41.8 Å². The first-order chi connectivity index (χ1) is 12.6. The molecule has 0 bridgehead atoms. The Balaban J connectivity index is 2.04. The zero-order valence-corrected chi connectivity index (χ0v) is 15.6. The number of benzene rings is 1. The molecule has 0 unspecified atom stereocenters. The fourth-order valence-corrected chi connectivity index (χ4v) is 4.17. The van der Waals surface area contributed by atoms with Crippen molar-refractivity contribution in [2.24, 2.45) is 5.41 Å². The average molecular weight is 376 g/mol. The maximum atomic E-state index is 12.7. The molecule has 1 aromatic carbocycles. The third kappa shape index (κ3) is 2.97. The van der Waals surface area contributed by atoms with E-state index in [4.69, 9.17) is 18.9 Å². The van der Waals surface area contributed by atoms with Crippen LogP contribution in [0.25, 0.3) is 0 Å². The molecule has 2 heterocycles. The van der Waals surface area contributed by atoms with Crippen molar-refractivity contribution in [3.05, 3.63) is 52.2 Å². The summed E-state index contributed by atoms with van der Waals surface area (Å²) in [6, 6.07) is 11.0. The first-order valence-corrected chi connectivity index (χ1v) is 8.94. The van der Waals surface area contributed by atoms with E-state index < -0.39 is 29.6 Å². The van der Waals surface area contributed by atoms with E-state index >= 15 is 0 Å². The van der Waals surface area contributed by atoms with E-state index in [-0.39, 0.29) is 6.42 Å². The van der Waals surface area contributed by atoms with Crippen molar-refractivity contribution in [1.29, 1.82) is 0 Å². The molecule has 7 heteroatoms. The molecule has 1 aromatic heterocycles. The van der Waals surface area contributed by atoms with Crippen molar-refractivity contribution < 1.29 is 28.5 Å². The number of thiophene rings is 1. The van der Waals surface area contributed by atoms with E-state index in [0.29, 0.717) is 5.75 Å². The van der Waals surface area contributed by atoms with Crippen molar-refractivity contribution in [3.63, 3.8) is 0 Å². The second-order valence-corrected chi connectivity index (χ2v) is 6.93. The van der Waals surface area contributed by atoms with Crippen molar-refractivity contribution in [2.75, 3.05) is 21.3 Å². The molecule has 1 aliphatic heterocycles. The molecule has 3 rings (SSSR count). The van der Waals surface area contributed by atoms with Crippen LogP contribution in [0.4, 0.5) is 0 Å². The van der Waals surface area contributed by atoms with Gasteiger partial charge in [-0.25, -0.2) is 0 Å². The molecule has 2 aromatic rings. The van der Waals surface area contributed by atoms with Gasteiger partial charge in [0.2, 0.25) is 0 Å². The molecule has 26 heavy (non-hydrogen) atoms. The Labute approximate surface area is 155 Å². The summed E-state index contributed by atoms with van der Waals surface area (Å²) >= 11 is 1.42. The third-order valence-corrected chi connectivity index (χ3v) is 5.56. The van der Waals surface area contributed by atoms with Crippen LogP contribution in [0.1, 0.15) is 29.1 Å². The smallest absolute Gasteiger partial charge is 0.326 e. The lowest BCUT2D eigenvalue weighted by Crippen LogP contribution is -2.43. The van der Waals surface area contributed by atoms with Crippen molar-refractivity contribution in [1.82, 2.24) is 0 Å². The molecule has 0 spiro atoms. The SMILES string of the molecule is COC(=O)C1(C(=O)OC)C[C@H](c2ccc(OC)cc2)O[C@@H]1c1cccs1. The number of hydrogen-bond acceptors (Lipinski definition) is 7. The van der Waals surface area contributed by atoms with Crippen LogP contribution in [0.2, 0.25) is 0 Å². The molecule has 0 saturated carbocycles. The fourth-order valence-electron chi connectivity index (χ4n) is 3.32. The van der Waals surface area contributed by atoms with E-state index in [0.717, 1.165) is 10.4 Å². The number of ether oxygens (including phenoxy) is 4.